The molecule has 56 valence electrons. The Morgan fingerprint density at radius 2 is 2.09 bits per heavy atom. The molecule has 0 saturated carbocycles. The van der Waals surface area contributed by atoms with Gasteiger partial charge in [-0.25, -0.2) is 15.0 Å². The number of rotatable bonds is 0. The fourth-order valence-electron chi connectivity index (χ4n) is 1.06. The van der Waals surface area contributed by atoms with Crippen molar-refractivity contribution in [1.29, 1.82) is 0 Å². The van der Waals surface area contributed by atoms with E-state index in [-0.39, 0.29) is 0 Å². The Bertz CT molecular complexity index is 319. The lowest BCUT2D eigenvalue weighted by Gasteiger charge is -2.04. The van der Waals surface area contributed by atoms with E-state index >= 15 is 0 Å². The molecule has 0 aromatic rings. The van der Waals surface area contributed by atoms with Gasteiger partial charge in [-0.2, -0.15) is 0 Å². The molecule has 0 saturated heterocycles. The zero-order valence-electron chi connectivity index (χ0n) is 6.44. The van der Waals surface area contributed by atoms with Gasteiger partial charge in [-0.15, -0.1) is 0 Å². The lowest BCUT2D eigenvalue weighted by molar-refractivity contribution is 0.840. The van der Waals surface area contributed by atoms with Crippen LogP contribution in [0.5, 0.6) is 0 Å². The highest BCUT2D eigenvalue weighted by Gasteiger charge is 2.10. The molecule has 0 N–H and O–H groups in total. The van der Waals surface area contributed by atoms with Gasteiger partial charge in [0.05, 0.1) is 12.0 Å². The van der Waals surface area contributed by atoms with Gasteiger partial charge in [0.1, 0.15) is 12.0 Å². The summed E-state index contributed by atoms with van der Waals surface area (Å²) in [4.78, 5) is 12.3. The SMILES string of the molecule is Cc1ncn(C)c2ncnc1-2. The molecule has 0 aromatic heterocycles. The number of nitrogens with zero attached hydrogens (tertiary/aromatic N) is 4. The quantitative estimate of drug-likeness (QED) is 0.550. The first-order chi connectivity index (χ1) is 5.29. The van der Waals surface area contributed by atoms with E-state index in [4.69, 9.17) is 0 Å². The van der Waals surface area contributed by atoms with Crippen molar-refractivity contribution in [2.45, 2.75) is 6.92 Å². The Labute approximate surface area is 64.3 Å². The van der Waals surface area contributed by atoms with Gasteiger partial charge in [0, 0.05) is 7.05 Å². The Morgan fingerprint density at radius 1 is 1.27 bits per heavy atom. The molecule has 0 spiro atoms. The van der Waals surface area contributed by atoms with Gasteiger partial charge in [-0.1, -0.05) is 0 Å². The maximum Gasteiger partial charge on any atom is 0.163 e. The molecule has 2 rings (SSSR count). The van der Waals surface area contributed by atoms with Crippen molar-refractivity contribution in [3.05, 3.63) is 18.3 Å². The maximum absolute atomic E-state index is 4.14. The Kier molecular flexibility index (Phi) is 1.15. The van der Waals surface area contributed by atoms with Gasteiger partial charge in [0.25, 0.3) is 0 Å². The number of fused-ring (bicyclic) bond motifs is 1. The zero-order valence-corrected chi connectivity index (χ0v) is 6.44. The summed E-state index contributed by atoms with van der Waals surface area (Å²) < 4.78 is 1.86. The first-order valence-electron chi connectivity index (χ1n) is 3.37. The highest BCUT2D eigenvalue weighted by molar-refractivity contribution is 5.53. The van der Waals surface area contributed by atoms with Crippen LogP contribution in [0, 0.1) is 6.92 Å². The van der Waals surface area contributed by atoms with E-state index < -0.39 is 0 Å². The highest BCUT2D eigenvalue weighted by atomic mass is 15.1. The third kappa shape index (κ3) is 0.790. The second-order valence-electron chi connectivity index (χ2n) is 2.49. The van der Waals surface area contributed by atoms with Crippen LogP contribution in [0.2, 0.25) is 0 Å². The molecule has 11 heavy (non-hydrogen) atoms. The van der Waals surface area contributed by atoms with Crippen molar-refractivity contribution < 1.29 is 0 Å². The summed E-state index contributed by atoms with van der Waals surface area (Å²) >= 11 is 0. The molecule has 0 radical (unpaired) electrons. The molecule has 2 aliphatic rings. The molecular formula is C7H8N4. The van der Waals surface area contributed by atoms with Crippen LogP contribution >= 0.6 is 0 Å². The number of aromatic nitrogens is 4. The molecule has 4 heteroatoms. The molecular weight excluding hydrogens is 140 g/mol. The van der Waals surface area contributed by atoms with Crippen molar-refractivity contribution in [3.8, 4) is 11.5 Å². The standard InChI is InChI=1S/C7H8N4/c1-5-6-7(9-3-8-6)11(2)4-10-5/h3-4H,1-2H3. The summed E-state index contributed by atoms with van der Waals surface area (Å²) in [5.74, 6) is 0.887. The summed E-state index contributed by atoms with van der Waals surface area (Å²) in [6, 6.07) is 0. The van der Waals surface area contributed by atoms with Crippen molar-refractivity contribution >= 4 is 0 Å². The third-order valence-electron chi connectivity index (χ3n) is 1.68. The summed E-state index contributed by atoms with van der Waals surface area (Å²) in [6.07, 6.45) is 3.30. The van der Waals surface area contributed by atoms with Crippen LogP contribution in [0.25, 0.3) is 11.5 Å². The fraction of sp³-hybridized carbons (Fsp3) is 0.286. The van der Waals surface area contributed by atoms with Crippen molar-refractivity contribution in [1.82, 2.24) is 19.5 Å². The van der Waals surface area contributed by atoms with E-state index in [1.165, 1.54) is 0 Å². The first-order valence-corrected chi connectivity index (χ1v) is 3.37. The van der Waals surface area contributed by atoms with Crippen LogP contribution in [0.3, 0.4) is 0 Å². The van der Waals surface area contributed by atoms with Gasteiger partial charge < -0.3 is 4.57 Å². The lowest BCUT2D eigenvalue weighted by atomic mass is 10.3. The molecule has 0 unspecified atom stereocenters. The van der Waals surface area contributed by atoms with Gasteiger partial charge in [0.2, 0.25) is 0 Å². The summed E-state index contributed by atoms with van der Waals surface area (Å²) in [5.41, 5.74) is 1.81. The fourth-order valence-corrected chi connectivity index (χ4v) is 1.06. The minimum Gasteiger partial charge on any atom is -0.318 e. The molecule has 0 bridgehead atoms. The van der Waals surface area contributed by atoms with E-state index in [1.807, 2.05) is 18.5 Å². The van der Waals surface area contributed by atoms with Crippen LogP contribution in [-0.4, -0.2) is 19.5 Å². The normalized spacial score (nSPS) is 10.7. The molecule has 0 amide bonds. The Morgan fingerprint density at radius 3 is 2.82 bits per heavy atom. The predicted octanol–water partition coefficient (Wildman–Crippen LogP) is 0.623. The molecule has 4 nitrogen and oxygen atoms in total. The van der Waals surface area contributed by atoms with Crippen LogP contribution < -0.4 is 0 Å². The largest absolute Gasteiger partial charge is 0.318 e. The minimum absolute atomic E-state index is 0.884. The third-order valence-corrected chi connectivity index (χ3v) is 1.68. The van der Waals surface area contributed by atoms with Gasteiger partial charge in [-0.3, -0.25) is 0 Å². The van der Waals surface area contributed by atoms with Crippen LogP contribution in [0.15, 0.2) is 12.7 Å². The van der Waals surface area contributed by atoms with E-state index in [0.717, 1.165) is 17.2 Å². The number of imidazole rings is 1. The first kappa shape index (κ1) is 6.27. The molecule has 0 fully saturated rings. The molecule has 0 atom stereocenters. The Hall–Kier alpha value is -1.45. The lowest BCUT2D eigenvalue weighted by Crippen LogP contribution is -2.01. The summed E-state index contributed by atoms with van der Waals surface area (Å²) in [7, 11) is 1.91. The smallest absolute Gasteiger partial charge is 0.163 e. The predicted molar refractivity (Wildman–Crippen MR) is 40.2 cm³/mol. The zero-order chi connectivity index (χ0) is 7.84. The summed E-state index contributed by atoms with van der Waals surface area (Å²) in [6.45, 7) is 1.93. The van der Waals surface area contributed by atoms with Crippen molar-refractivity contribution in [2.24, 2.45) is 7.05 Å². The van der Waals surface area contributed by atoms with E-state index in [2.05, 4.69) is 15.0 Å². The van der Waals surface area contributed by atoms with Crippen LogP contribution in [0.4, 0.5) is 0 Å². The van der Waals surface area contributed by atoms with Gasteiger partial charge in [-0.05, 0) is 6.92 Å². The van der Waals surface area contributed by atoms with Crippen LogP contribution in [0.1, 0.15) is 5.69 Å². The van der Waals surface area contributed by atoms with E-state index in [9.17, 15) is 0 Å². The molecule has 0 aromatic carbocycles. The number of hydrogen-bond donors (Lipinski definition) is 0. The summed E-state index contributed by atoms with van der Waals surface area (Å²) in [5, 5.41) is 0. The maximum atomic E-state index is 4.14. The van der Waals surface area contributed by atoms with Gasteiger partial charge in [0.15, 0.2) is 5.82 Å². The number of hydrogen-bond acceptors (Lipinski definition) is 3. The molecule has 2 aliphatic heterocycles. The van der Waals surface area contributed by atoms with Gasteiger partial charge >= 0.3 is 0 Å². The van der Waals surface area contributed by atoms with E-state index in [0.29, 0.717) is 0 Å². The second kappa shape index (κ2) is 2.02. The molecule has 0 aliphatic carbocycles. The van der Waals surface area contributed by atoms with Crippen LogP contribution in [-0.2, 0) is 7.05 Å². The van der Waals surface area contributed by atoms with Crippen molar-refractivity contribution in [2.75, 3.05) is 0 Å². The van der Waals surface area contributed by atoms with E-state index in [1.54, 1.807) is 12.7 Å². The Balaban J connectivity index is 2.82. The topological polar surface area (TPSA) is 43.6 Å². The number of aryl methyl sites for hydroxylation is 2. The average Bonchev–Trinajstić information content (AvgIpc) is 2.45. The monoisotopic (exact) mass is 148 g/mol. The minimum atomic E-state index is 0.884. The molecule has 2 heterocycles. The average molecular weight is 148 g/mol. The second-order valence-corrected chi connectivity index (χ2v) is 2.49. The van der Waals surface area contributed by atoms with Crippen molar-refractivity contribution in [3.63, 3.8) is 0 Å². The highest BCUT2D eigenvalue weighted by Crippen LogP contribution is 2.16.